The summed E-state index contributed by atoms with van der Waals surface area (Å²) in [7, 11) is -0.0595. The van der Waals surface area contributed by atoms with Crippen LogP contribution in [0.3, 0.4) is 0 Å². The van der Waals surface area contributed by atoms with Gasteiger partial charge in [-0.05, 0) is 121 Å². The predicted octanol–water partition coefficient (Wildman–Crippen LogP) is 12.0. The smallest absolute Gasteiger partial charge is 0.308 e. The van der Waals surface area contributed by atoms with Crippen LogP contribution >= 0.6 is 0 Å². The zero-order valence-electron chi connectivity index (χ0n) is 38.6. The summed E-state index contributed by atoms with van der Waals surface area (Å²) >= 11 is 0. The molecule has 7 nitrogen and oxygen atoms in total. The number of methoxy groups -OCH3 is 1. The lowest BCUT2D eigenvalue weighted by Gasteiger charge is -2.46. The van der Waals surface area contributed by atoms with Crippen molar-refractivity contribution >= 4 is 40.7 Å². The van der Waals surface area contributed by atoms with E-state index in [0.29, 0.717) is 40.5 Å². The Morgan fingerprint density at radius 1 is 1.00 bits per heavy atom. The Balaban J connectivity index is 1.45. The molecule has 1 saturated heterocycles. The Kier molecular flexibility index (Phi) is 14.5. The number of nitrogens with zero attached hydrogens (tertiary/aromatic N) is 1. The van der Waals surface area contributed by atoms with Crippen molar-refractivity contribution in [2.75, 3.05) is 7.11 Å². The largest absolute Gasteiger partial charge is 0.496 e. The zero-order valence-corrected chi connectivity index (χ0v) is 40.6. The average molecular weight is 830 g/mol. The lowest BCUT2D eigenvalue weighted by molar-refractivity contribution is -0.158. The molecule has 0 saturated carbocycles. The average Bonchev–Trinajstić information content (AvgIpc) is 3.13. The molecule has 8 atom stereocenters. The number of esters is 1. The number of benzene rings is 2. The molecule has 0 bridgehead atoms. The molecular weight excluding hydrogens is 755 g/mol. The van der Waals surface area contributed by atoms with Gasteiger partial charge in [-0.15, -0.1) is 0 Å². The van der Waals surface area contributed by atoms with Crippen molar-refractivity contribution in [2.45, 2.75) is 175 Å². The van der Waals surface area contributed by atoms with Gasteiger partial charge in [0.15, 0.2) is 8.32 Å². The van der Waals surface area contributed by atoms with Crippen LogP contribution in [0.1, 0.15) is 133 Å². The first-order chi connectivity index (χ1) is 26.9. The number of carbonyl (C=O) groups is 2. The van der Waals surface area contributed by atoms with Gasteiger partial charge in [-0.2, -0.15) is 0 Å². The van der Waals surface area contributed by atoms with Gasteiger partial charge in [-0.1, -0.05) is 106 Å². The second-order valence-electron chi connectivity index (χ2n) is 20.9. The van der Waals surface area contributed by atoms with Gasteiger partial charge in [0.05, 0.1) is 31.2 Å². The molecule has 1 fully saturated rings. The molecule has 9 heteroatoms. The Bertz CT molecular complexity index is 1840. The molecular formula is C49H75NO6Si2. The Labute approximate surface area is 355 Å². The highest BCUT2D eigenvalue weighted by atomic mass is 28.4. The summed E-state index contributed by atoms with van der Waals surface area (Å²) in [5, 5.41) is 2.31. The van der Waals surface area contributed by atoms with E-state index >= 15 is 0 Å². The highest BCUT2D eigenvalue weighted by molar-refractivity contribution is 6.74. The molecule has 0 aromatic heterocycles. The number of allylic oxidation sites excluding steroid dienone is 3. The fraction of sp³-hybridized carbons (Fsp3) is 0.673. The van der Waals surface area contributed by atoms with E-state index in [2.05, 4.69) is 130 Å². The summed E-state index contributed by atoms with van der Waals surface area (Å²) < 4.78 is 25.9. The van der Waals surface area contributed by atoms with Gasteiger partial charge in [0.2, 0.25) is 15.7 Å². The first-order valence-electron chi connectivity index (χ1n) is 22.1. The van der Waals surface area contributed by atoms with E-state index in [-0.39, 0.29) is 52.0 Å². The minimum atomic E-state index is -2.11. The normalized spacial score (nSPS) is 26.3. The molecule has 320 valence electrons. The topological polar surface area (TPSA) is 74.3 Å². The van der Waals surface area contributed by atoms with E-state index in [1.54, 1.807) is 7.11 Å². The molecule has 58 heavy (non-hydrogen) atoms. The van der Waals surface area contributed by atoms with Crippen molar-refractivity contribution in [3.63, 3.8) is 0 Å². The summed E-state index contributed by atoms with van der Waals surface area (Å²) in [4.78, 5) is 29.8. The molecule has 2 aromatic rings. The summed E-state index contributed by atoms with van der Waals surface area (Å²) in [6.07, 6.45) is 11.4. The van der Waals surface area contributed by atoms with Crippen molar-refractivity contribution in [3.8, 4) is 5.75 Å². The fourth-order valence-corrected chi connectivity index (χ4v) is 11.0. The second kappa shape index (κ2) is 18.1. The molecule has 1 amide bonds. The number of piperidine rings is 1. The lowest BCUT2D eigenvalue weighted by Crippen LogP contribution is -2.52. The maximum atomic E-state index is 14.4. The number of amides is 1. The van der Waals surface area contributed by atoms with Crippen molar-refractivity contribution in [3.05, 3.63) is 65.3 Å². The minimum Gasteiger partial charge on any atom is -0.496 e. The molecule has 0 spiro atoms. The SMILES string of the molecule is CCC(C)C(=O)OC1CC(C)C=C2C=CC(C)C(CCC3CC(O[Si](C)(C)C(C)(C)C)CC(=O)N3Cc3ccc4c(C(C)(C)O[Si]C(C)(C)C)c(OC)ccc4c3)C21. The van der Waals surface area contributed by atoms with E-state index in [1.165, 1.54) is 5.57 Å². The van der Waals surface area contributed by atoms with E-state index < -0.39 is 13.9 Å². The highest BCUT2D eigenvalue weighted by Gasteiger charge is 2.45. The molecule has 0 N–H and O–H groups in total. The van der Waals surface area contributed by atoms with Gasteiger partial charge in [-0.3, -0.25) is 9.59 Å². The van der Waals surface area contributed by atoms with E-state index in [4.69, 9.17) is 18.3 Å². The summed E-state index contributed by atoms with van der Waals surface area (Å²) in [6, 6.07) is 10.8. The van der Waals surface area contributed by atoms with Crippen LogP contribution in [-0.2, 0) is 35.3 Å². The van der Waals surface area contributed by atoms with Crippen LogP contribution in [0.2, 0.25) is 23.2 Å². The van der Waals surface area contributed by atoms with Crippen LogP contribution < -0.4 is 4.74 Å². The number of hydrogen-bond acceptors (Lipinski definition) is 6. The lowest BCUT2D eigenvalue weighted by atomic mass is 9.65. The van der Waals surface area contributed by atoms with Crippen LogP contribution in [-0.4, -0.2) is 60.2 Å². The number of hydrogen-bond donors (Lipinski definition) is 0. The predicted molar refractivity (Wildman–Crippen MR) is 241 cm³/mol. The quantitative estimate of drug-likeness (QED) is 0.139. The monoisotopic (exact) mass is 830 g/mol. The second-order valence-corrected chi connectivity index (χ2v) is 27.6. The summed E-state index contributed by atoms with van der Waals surface area (Å²) in [6.45, 7) is 31.3. The van der Waals surface area contributed by atoms with Crippen LogP contribution in [0, 0.1) is 29.6 Å². The van der Waals surface area contributed by atoms with E-state index in [9.17, 15) is 9.59 Å². The van der Waals surface area contributed by atoms with Crippen molar-refractivity contribution in [2.24, 2.45) is 29.6 Å². The third-order valence-electron chi connectivity index (χ3n) is 13.5. The van der Waals surface area contributed by atoms with Gasteiger partial charge < -0.3 is 23.2 Å². The first-order valence-corrected chi connectivity index (χ1v) is 25.9. The fourth-order valence-electron chi connectivity index (χ4n) is 9.02. The molecule has 2 radical (unpaired) electrons. The van der Waals surface area contributed by atoms with Gasteiger partial charge in [0, 0.05) is 24.1 Å². The van der Waals surface area contributed by atoms with Gasteiger partial charge in [0.1, 0.15) is 11.9 Å². The highest BCUT2D eigenvalue weighted by Crippen LogP contribution is 2.47. The number of rotatable bonds is 14. The maximum Gasteiger partial charge on any atom is 0.308 e. The molecule has 1 aliphatic heterocycles. The number of ether oxygens (including phenoxy) is 2. The third-order valence-corrected chi connectivity index (χ3v) is 19.3. The minimum absolute atomic E-state index is 0.0260. The van der Waals surface area contributed by atoms with E-state index in [0.717, 1.165) is 59.8 Å². The van der Waals surface area contributed by atoms with Crippen molar-refractivity contribution in [1.29, 1.82) is 0 Å². The molecule has 2 aromatic carbocycles. The maximum absolute atomic E-state index is 14.4. The first kappa shape index (κ1) is 46.3. The van der Waals surface area contributed by atoms with Gasteiger partial charge in [-0.25, -0.2) is 0 Å². The third kappa shape index (κ3) is 10.8. The molecule has 2 aliphatic carbocycles. The number of fused-ring (bicyclic) bond motifs is 2. The van der Waals surface area contributed by atoms with Gasteiger partial charge in [0.25, 0.3) is 0 Å². The molecule has 5 rings (SSSR count). The Morgan fingerprint density at radius 2 is 1.71 bits per heavy atom. The summed E-state index contributed by atoms with van der Waals surface area (Å²) in [5.41, 5.74) is 2.90. The number of carbonyl (C=O) groups excluding carboxylic acids is 2. The molecule has 8 unspecified atom stereocenters. The molecule has 1 heterocycles. The number of likely N-dealkylation sites (tertiary alicyclic amines) is 1. The van der Waals surface area contributed by atoms with Crippen LogP contribution in [0.5, 0.6) is 5.75 Å². The Morgan fingerprint density at radius 3 is 2.34 bits per heavy atom. The Hall–Kier alpha value is -2.73. The van der Waals surface area contributed by atoms with Crippen molar-refractivity contribution < 1.29 is 27.9 Å². The van der Waals surface area contributed by atoms with Gasteiger partial charge >= 0.3 is 5.97 Å². The van der Waals surface area contributed by atoms with E-state index in [1.807, 2.05) is 19.9 Å². The van der Waals surface area contributed by atoms with Crippen molar-refractivity contribution in [1.82, 2.24) is 4.90 Å². The summed E-state index contributed by atoms with van der Waals surface area (Å²) in [5.74, 6) is 1.91. The van der Waals surface area contributed by atoms with Crippen LogP contribution in [0.25, 0.3) is 10.8 Å². The zero-order chi connectivity index (χ0) is 43.0. The van der Waals surface area contributed by atoms with Crippen LogP contribution in [0.4, 0.5) is 0 Å². The van der Waals surface area contributed by atoms with Crippen LogP contribution in [0.15, 0.2) is 54.1 Å². The standard InChI is InChI=1S/C49H75NO6Si2/c1-16-32(3)46(52)54-42-26-31(2)25-36-19-17-33(4)39(44(36)42)23-21-37-28-38(55-58(14,15)48(8,9)10)29-43(51)50(37)30-34-18-22-40-35(27-34)20-24-41(53-13)45(40)49(11,12)56-57-47(5,6)7/h17-20,22,24-25,27,31-33,37-39,42,44H,16,21,23,26,28-30H2,1-15H3. The molecule has 3 aliphatic rings.